The van der Waals surface area contributed by atoms with E-state index >= 15 is 0 Å². The summed E-state index contributed by atoms with van der Waals surface area (Å²) in [6.07, 6.45) is 3.85. The van der Waals surface area contributed by atoms with Gasteiger partial charge in [0.2, 0.25) is 0 Å². The maximum atomic E-state index is 6.15. The first kappa shape index (κ1) is 17.1. The molecule has 4 nitrogen and oxygen atoms in total. The Morgan fingerprint density at radius 3 is 2.48 bits per heavy atom. The number of aliphatic imine (C=N–C) groups is 1. The molecular weight excluding hydrogens is 334 g/mol. The second-order valence-electron chi connectivity index (χ2n) is 5.79. The summed E-state index contributed by atoms with van der Waals surface area (Å²) in [5, 5.41) is 0.548. The molecule has 0 unspecified atom stereocenters. The third kappa shape index (κ3) is 3.86. The standard InChI is InChI=1S/C20H20ClN3O/c1-23(2)16-7-9-17(10-8-16)24-12-4-5-18(24)14-22-15-6-11-20(25-3)19(21)13-15/h4-14H,1-3H3. The first-order valence-electron chi connectivity index (χ1n) is 7.91. The topological polar surface area (TPSA) is 29.8 Å². The van der Waals surface area contributed by atoms with E-state index in [4.69, 9.17) is 16.3 Å². The lowest BCUT2D eigenvalue weighted by atomic mass is 10.2. The fourth-order valence-corrected chi connectivity index (χ4v) is 2.77. The molecule has 0 fully saturated rings. The Kier molecular flexibility index (Phi) is 5.10. The van der Waals surface area contributed by atoms with Crippen LogP contribution in [0, 0.1) is 0 Å². The molecule has 3 rings (SSSR count). The van der Waals surface area contributed by atoms with E-state index in [-0.39, 0.29) is 0 Å². The zero-order chi connectivity index (χ0) is 17.8. The minimum Gasteiger partial charge on any atom is -0.495 e. The fourth-order valence-electron chi connectivity index (χ4n) is 2.52. The van der Waals surface area contributed by atoms with E-state index in [1.54, 1.807) is 13.2 Å². The molecule has 0 saturated carbocycles. The zero-order valence-corrected chi connectivity index (χ0v) is 15.2. The number of hydrogen-bond acceptors (Lipinski definition) is 3. The van der Waals surface area contributed by atoms with Crippen LogP contribution in [0.3, 0.4) is 0 Å². The molecule has 128 valence electrons. The van der Waals surface area contributed by atoms with E-state index in [9.17, 15) is 0 Å². The van der Waals surface area contributed by atoms with Gasteiger partial charge in [-0.15, -0.1) is 0 Å². The van der Waals surface area contributed by atoms with Gasteiger partial charge in [-0.2, -0.15) is 0 Å². The lowest BCUT2D eigenvalue weighted by molar-refractivity contribution is 0.415. The van der Waals surface area contributed by atoms with Crippen LogP contribution < -0.4 is 9.64 Å². The quantitative estimate of drug-likeness (QED) is 0.607. The Morgan fingerprint density at radius 2 is 1.84 bits per heavy atom. The van der Waals surface area contributed by atoms with Gasteiger partial charge in [0.25, 0.3) is 0 Å². The van der Waals surface area contributed by atoms with Gasteiger partial charge in [-0.25, -0.2) is 0 Å². The summed E-state index contributed by atoms with van der Waals surface area (Å²) >= 11 is 6.15. The summed E-state index contributed by atoms with van der Waals surface area (Å²) in [5.41, 5.74) is 4.02. The van der Waals surface area contributed by atoms with E-state index in [0.717, 1.165) is 17.1 Å². The summed E-state index contributed by atoms with van der Waals surface area (Å²) in [6.45, 7) is 0. The summed E-state index contributed by atoms with van der Waals surface area (Å²) in [7, 11) is 5.66. The van der Waals surface area contributed by atoms with Crippen molar-refractivity contribution in [2.24, 2.45) is 4.99 Å². The molecule has 3 aromatic rings. The van der Waals surface area contributed by atoms with Crippen LogP contribution in [-0.2, 0) is 0 Å². The summed E-state index contributed by atoms with van der Waals surface area (Å²) in [4.78, 5) is 6.60. The smallest absolute Gasteiger partial charge is 0.137 e. The van der Waals surface area contributed by atoms with Crippen LogP contribution in [0.2, 0.25) is 5.02 Å². The summed E-state index contributed by atoms with van der Waals surface area (Å²) in [5.74, 6) is 0.643. The van der Waals surface area contributed by atoms with Crippen molar-refractivity contribution in [3.05, 3.63) is 71.5 Å². The lowest BCUT2D eigenvalue weighted by Crippen LogP contribution is -2.08. The molecule has 0 saturated heterocycles. The van der Waals surface area contributed by atoms with E-state index in [2.05, 4.69) is 38.7 Å². The minimum absolute atomic E-state index is 0.548. The molecule has 0 radical (unpaired) electrons. The van der Waals surface area contributed by atoms with Gasteiger partial charge in [0.15, 0.2) is 0 Å². The van der Waals surface area contributed by atoms with Gasteiger partial charge in [-0.05, 0) is 54.6 Å². The number of anilines is 1. The summed E-state index contributed by atoms with van der Waals surface area (Å²) < 4.78 is 7.25. The zero-order valence-electron chi connectivity index (χ0n) is 14.5. The molecule has 0 aliphatic carbocycles. The first-order chi connectivity index (χ1) is 12.1. The Balaban J connectivity index is 1.85. The monoisotopic (exact) mass is 353 g/mol. The molecule has 0 amide bonds. The highest BCUT2D eigenvalue weighted by Gasteiger charge is 2.04. The molecule has 0 N–H and O–H groups in total. The predicted molar refractivity (Wildman–Crippen MR) is 105 cm³/mol. The van der Waals surface area contributed by atoms with Crippen molar-refractivity contribution < 1.29 is 4.74 Å². The van der Waals surface area contributed by atoms with Crippen LogP contribution in [0.4, 0.5) is 11.4 Å². The van der Waals surface area contributed by atoms with E-state index in [1.807, 2.05) is 50.8 Å². The molecule has 0 spiro atoms. The van der Waals surface area contributed by atoms with Gasteiger partial charge >= 0.3 is 0 Å². The Bertz CT molecular complexity index is 882. The van der Waals surface area contributed by atoms with Gasteiger partial charge in [0.1, 0.15) is 5.75 Å². The van der Waals surface area contributed by atoms with Crippen molar-refractivity contribution in [1.29, 1.82) is 0 Å². The number of rotatable bonds is 5. The second kappa shape index (κ2) is 7.45. The van der Waals surface area contributed by atoms with Crippen LogP contribution >= 0.6 is 11.6 Å². The maximum absolute atomic E-state index is 6.15. The van der Waals surface area contributed by atoms with E-state index in [1.165, 1.54) is 5.69 Å². The number of methoxy groups -OCH3 is 1. The lowest BCUT2D eigenvalue weighted by Gasteiger charge is -2.13. The average Bonchev–Trinajstić information content (AvgIpc) is 3.08. The molecule has 0 bridgehead atoms. The maximum Gasteiger partial charge on any atom is 0.137 e. The third-order valence-corrected chi connectivity index (χ3v) is 4.20. The van der Waals surface area contributed by atoms with Crippen molar-refractivity contribution in [2.75, 3.05) is 26.1 Å². The predicted octanol–water partition coefficient (Wildman–Crippen LogP) is 4.96. The Hall–Kier alpha value is -2.72. The molecular formula is C20H20ClN3O. The molecule has 25 heavy (non-hydrogen) atoms. The summed E-state index contributed by atoms with van der Waals surface area (Å²) in [6, 6.07) is 17.9. The number of nitrogens with zero attached hydrogens (tertiary/aromatic N) is 3. The molecule has 1 heterocycles. The molecule has 1 aromatic heterocycles. The van der Waals surface area contributed by atoms with Gasteiger partial charge in [-0.1, -0.05) is 11.6 Å². The average molecular weight is 354 g/mol. The molecule has 5 heteroatoms. The van der Waals surface area contributed by atoms with E-state index < -0.39 is 0 Å². The Morgan fingerprint density at radius 1 is 1.08 bits per heavy atom. The van der Waals surface area contributed by atoms with Crippen LogP contribution in [0.25, 0.3) is 5.69 Å². The highest BCUT2D eigenvalue weighted by Crippen LogP contribution is 2.28. The van der Waals surface area contributed by atoms with Gasteiger partial charge in [0.05, 0.1) is 29.7 Å². The van der Waals surface area contributed by atoms with Gasteiger partial charge < -0.3 is 14.2 Å². The van der Waals surface area contributed by atoms with Crippen molar-refractivity contribution in [2.45, 2.75) is 0 Å². The van der Waals surface area contributed by atoms with Crippen molar-refractivity contribution >= 4 is 29.2 Å². The van der Waals surface area contributed by atoms with Gasteiger partial charge in [-0.3, -0.25) is 4.99 Å². The number of halogens is 1. The van der Waals surface area contributed by atoms with Crippen molar-refractivity contribution in [3.63, 3.8) is 0 Å². The SMILES string of the molecule is COc1ccc(N=Cc2cccn2-c2ccc(N(C)C)cc2)cc1Cl. The number of benzene rings is 2. The number of aromatic nitrogens is 1. The van der Waals surface area contributed by atoms with Crippen molar-refractivity contribution in [1.82, 2.24) is 4.57 Å². The van der Waals surface area contributed by atoms with Crippen LogP contribution in [0.1, 0.15) is 5.69 Å². The molecule has 0 aliphatic heterocycles. The van der Waals surface area contributed by atoms with Crippen molar-refractivity contribution in [3.8, 4) is 11.4 Å². The second-order valence-corrected chi connectivity index (χ2v) is 6.20. The van der Waals surface area contributed by atoms with Crippen LogP contribution in [0.5, 0.6) is 5.75 Å². The minimum atomic E-state index is 0.548. The Labute approximate surface area is 152 Å². The van der Waals surface area contributed by atoms with E-state index in [0.29, 0.717) is 10.8 Å². The number of ether oxygens (including phenoxy) is 1. The molecule has 0 atom stereocenters. The molecule has 0 aliphatic rings. The van der Waals surface area contributed by atoms with Gasteiger partial charge in [0, 0.05) is 31.7 Å². The fraction of sp³-hybridized carbons (Fsp3) is 0.150. The number of hydrogen-bond donors (Lipinski definition) is 0. The largest absolute Gasteiger partial charge is 0.495 e. The normalized spacial score (nSPS) is 11.0. The first-order valence-corrected chi connectivity index (χ1v) is 8.29. The highest BCUT2D eigenvalue weighted by atomic mass is 35.5. The molecule has 2 aromatic carbocycles. The highest BCUT2D eigenvalue weighted by molar-refractivity contribution is 6.32. The van der Waals surface area contributed by atoms with Crippen LogP contribution in [0.15, 0.2) is 65.8 Å². The third-order valence-electron chi connectivity index (χ3n) is 3.91. The van der Waals surface area contributed by atoms with Crippen LogP contribution in [-0.4, -0.2) is 32.0 Å².